The predicted molar refractivity (Wildman–Crippen MR) is 38.8 cm³/mol. The SMILES string of the molecule is CC(C)(C)C(=O)OC1CC1F. The molecule has 1 aliphatic carbocycles. The normalized spacial score (nSPS) is 29.8. The van der Waals surface area contributed by atoms with Gasteiger partial charge < -0.3 is 4.74 Å². The van der Waals surface area contributed by atoms with Crippen molar-refractivity contribution in [3.8, 4) is 0 Å². The molecule has 0 amide bonds. The molecule has 0 aliphatic heterocycles. The topological polar surface area (TPSA) is 26.3 Å². The van der Waals surface area contributed by atoms with Crippen molar-refractivity contribution in [2.24, 2.45) is 5.41 Å². The summed E-state index contributed by atoms with van der Waals surface area (Å²) >= 11 is 0. The van der Waals surface area contributed by atoms with Crippen LogP contribution in [0.4, 0.5) is 4.39 Å². The Labute approximate surface area is 65.7 Å². The minimum absolute atomic E-state index is 0.317. The number of carbonyl (C=O) groups excluding carboxylic acids is 1. The molecule has 0 N–H and O–H groups in total. The van der Waals surface area contributed by atoms with Crippen molar-refractivity contribution in [3.05, 3.63) is 0 Å². The van der Waals surface area contributed by atoms with Crippen LogP contribution in [0.2, 0.25) is 0 Å². The van der Waals surface area contributed by atoms with E-state index in [-0.39, 0.29) is 5.97 Å². The largest absolute Gasteiger partial charge is 0.459 e. The van der Waals surface area contributed by atoms with Crippen LogP contribution in [0.25, 0.3) is 0 Å². The first-order chi connectivity index (χ1) is 4.91. The molecule has 0 spiro atoms. The Morgan fingerprint density at radius 1 is 1.55 bits per heavy atom. The van der Waals surface area contributed by atoms with Crippen LogP contribution in [0.1, 0.15) is 27.2 Å². The maximum absolute atomic E-state index is 12.2. The second kappa shape index (κ2) is 2.47. The highest BCUT2D eigenvalue weighted by atomic mass is 19.1. The number of rotatable bonds is 1. The van der Waals surface area contributed by atoms with Crippen LogP contribution in [-0.4, -0.2) is 18.2 Å². The van der Waals surface area contributed by atoms with Gasteiger partial charge in [0.1, 0.15) is 12.3 Å². The lowest BCUT2D eigenvalue weighted by Crippen LogP contribution is -2.24. The maximum atomic E-state index is 12.2. The van der Waals surface area contributed by atoms with Gasteiger partial charge in [0.2, 0.25) is 0 Å². The number of ether oxygens (including phenoxy) is 1. The van der Waals surface area contributed by atoms with Gasteiger partial charge in [-0.05, 0) is 20.8 Å². The van der Waals surface area contributed by atoms with E-state index in [1.807, 2.05) is 0 Å². The predicted octanol–water partition coefficient (Wildman–Crippen LogP) is 1.69. The highest BCUT2D eigenvalue weighted by molar-refractivity contribution is 5.75. The summed E-state index contributed by atoms with van der Waals surface area (Å²) in [4.78, 5) is 11.1. The molecule has 3 heteroatoms. The van der Waals surface area contributed by atoms with E-state index < -0.39 is 17.7 Å². The van der Waals surface area contributed by atoms with E-state index in [1.54, 1.807) is 20.8 Å². The van der Waals surface area contributed by atoms with Crippen LogP contribution in [0, 0.1) is 5.41 Å². The van der Waals surface area contributed by atoms with Crippen LogP contribution >= 0.6 is 0 Å². The van der Waals surface area contributed by atoms with Crippen LogP contribution in [0.3, 0.4) is 0 Å². The first-order valence-corrected chi connectivity index (χ1v) is 3.76. The third kappa shape index (κ3) is 2.17. The third-order valence-electron chi connectivity index (χ3n) is 1.53. The molecule has 1 fully saturated rings. The lowest BCUT2D eigenvalue weighted by Gasteiger charge is -2.15. The van der Waals surface area contributed by atoms with Crippen LogP contribution in [0.15, 0.2) is 0 Å². The van der Waals surface area contributed by atoms with Gasteiger partial charge in [0.15, 0.2) is 0 Å². The standard InChI is InChI=1S/C8H13FO2/c1-8(2,3)7(10)11-6-4-5(6)9/h5-6H,4H2,1-3H3. The monoisotopic (exact) mass is 160 g/mol. The zero-order valence-electron chi connectivity index (χ0n) is 7.06. The highest BCUT2D eigenvalue weighted by Gasteiger charge is 2.43. The molecule has 64 valence electrons. The first kappa shape index (κ1) is 8.50. The summed E-state index contributed by atoms with van der Waals surface area (Å²) in [6.45, 7) is 5.26. The molecule has 0 bridgehead atoms. The number of esters is 1. The van der Waals surface area contributed by atoms with Gasteiger partial charge in [0, 0.05) is 6.42 Å². The van der Waals surface area contributed by atoms with Gasteiger partial charge in [0.25, 0.3) is 0 Å². The summed E-state index contributed by atoms with van der Waals surface area (Å²) in [5.41, 5.74) is -0.512. The second-order valence-electron chi connectivity index (χ2n) is 3.95. The van der Waals surface area contributed by atoms with Gasteiger partial charge in [0.05, 0.1) is 5.41 Å². The van der Waals surface area contributed by atoms with Gasteiger partial charge in [-0.15, -0.1) is 0 Å². The lowest BCUT2D eigenvalue weighted by molar-refractivity contribution is -0.154. The minimum Gasteiger partial charge on any atom is -0.459 e. The van der Waals surface area contributed by atoms with Crippen molar-refractivity contribution in [1.29, 1.82) is 0 Å². The Hall–Kier alpha value is -0.600. The average Bonchev–Trinajstić information content (AvgIpc) is 2.44. The molecule has 11 heavy (non-hydrogen) atoms. The van der Waals surface area contributed by atoms with Crippen molar-refractivity contribution < 1.29 is 13.9 Å². The number of halogens is 1. The summed E-state index contributed by atoms with van der Waals surface area (Å²) in [5.74, 6) is -0.317. The molecule has 0 aromatic rings. The molecular weight excluding hydrogens is 147 g/mol. The summed E-state index contributed by atoms with van der Waals surface area (Å²) in [6, 6.07) is 0. The molecule has 2 nitrogen and oxygen atoms in total. The summed E-state index contributed by atoms with van der Waals surface area (Å²) < 4.78 is 17.1. The zero-order chi connectivity index (χ0) is 8.65. The van der Waals surface area contributed by atoms with Crippen LogP contribution in [0.5, 0.6) is 0 Å². The molecular formula is C8H13FO2. The van der Waals surface area contributed by atoms with Crippen LogP contribution < -0.4 is 0 Å². The maximum Gasteiger partial charge on any atom is 0.311 e. The smallest absolute Gasteiger partial charge is 0.311 e. The van der Waals surface area contributed by atoms with E-state index in [4.69, 9.17) is 4.74 Å². The Bertz CT molecular complexity index is 171. The van der Waals surface area contributed by atoms with E-state index in [2.05, 4.69) is 0 Å². The van der Waals surface area contributed by atoms with Crippen molar-refractivity contribution in [1.82, 2.24) is 0 Å². The van der Waals surface area contributed by atoms with Crippen LogP contribution in [-0.2, 0) is 9.53 Å². The molecule has 1 rings (SSSR count). The molecule has 0 aromatic heterocycles. The summed E-state index contributed by atoms with van der Waals surface area (Å²) in [6.07, 6.45) is -0.995. The second-order valence-corrected chi connectivity index (χ2v) is 3.95. The number of alkyl halides is 1. The van der Waals surface area contributed by atoms with Crippen molar-refractivity contribution >= 4 is 5.97 Å². The molecule has 2 atom stereocenters. The molecule has 0 radical (unpaired) electrons. The fraction of sp³-hybridized carbons (Fsp3) is 0.875. The van der Waals surface area contributed by atoms with Crippen molar-refractivity contribution in [3.63, 3.8) is 0 Å². The Morgan fingerprint density at radius 3 is 2.27 bits per heavy atom. The molecule has 1 saturated carbocycles. The quantitative estimate of drug-likeness (QED) is 0.545. The Balaban J connectivity index is 2.33. The highest BCUT2D eigenvalue weighted by Crippen LogP contribution is 2.31. The first-order valence-electron chi connectivity index (χ1n) is 3.76. The van der Waals surface area contributed by atoms with Gasteiger partial charge >= 0.3 is 5.97 Å². The van der Waals surface area contributed by atoms with E-state index in [0.29, 0.717) is 6.42 Å². The molecule has 0 aromatic carbocycles. The average molecular weight is 160 g/mol. The molecule has 2 unspecified atom stereocenters. The zero-order valence-corrected chi connectivity index (χ0v) is 7.06. The molecule has 0 heterocycles. The van der Waals surface area contributed by atoms with E-state index in [0.717, 1.165) is 0 Å². The molecule has 1 aliphatic rings. The Morgan fingerprint density at radius 2 is 2.00 bits per heavy atom. The number of carbonyl (C=O) groups is 1. The fourth-order valence-electron chi connectivity index (χ4n) is 0.580. The van der Waals surface area contributed by atoms with Gasteiger partial charge in [-0.2, -0.15) is 0 Å². The van der Waals surface area contributed by atoms with Gasteiger partial charge in [-0.25, -0.2) is 4.39 Å². The summed E-state index contributed by atoms with van der Waals surface area (Å²) in [5, 5.41) is 0. The van der Waals surface area contributed by atoms with Gasteiger partial charge in [-0.3, -0.25) is 4.79 Å². The summed E-state index contributed by atoms with van der Waals surface area (Å²) in [7, 11) is 0. The van der Waals surface area contributed by atoms with Crippen molar-refractivity contribution in [2.75, 3.05) is 0 Å². The number of hydrogen-bond acceptors (Lipinski definition) is 2. The van der Waals surface area contributed by atoms with E-state index >= 15 is 0 Å². The lowest BCUT2D eigenvalue weighted by atomic mass is 9.97. The minimum atomic E-state index is -0.915. The number of hydrogen-bond donors (Lipinski definition) is 0. The van der Waals surface area contributed by atoms with E-state index in [9.17, 15) is 9.18 Å². The van der Waals surface area contributed by atoms with Gasteiger partial charge in [-0.1, -0.05) is 0 Å². The fourth-order valence-corrected chi connectivity index (χ4v) is 0.580. The third-order valence-corrected chi connectivity index (χ3v) is 1.53. The molecule has 0 saturated heterocycles. The Kier molecular flexibility index (Phi) is 1.90. The van der Waals surface area contributed by atoms with E-state index in [1.165, 1.54) is 0 Å². The van der Waals surface area contributed by atoms with Crippen molar-refractivity contribution in [2.45, 2.75) is 39.5 Å².